The number of carbonyl (C=O) groups excluding carboxylic acids is 2. The first-order valence-electron chi connectivity index (χ1n) is 8.68. The largest absolute Gasteiger partial charge is 0.467 e. The number of carbonyl (C=O) groups is 2. The van der Waals surface area contributed by atoms with Gasteiger partial charge in [-0.2, -0.15) is 13.1 Å². The number of benzene rings is 1. The van der Waals surface area contributed by atoms with E-state index in [4.69, 9.17) is 9.47 Å². The maximum absolute atomic E-state index is 13.1. The fourth-order valence-electron chi connectivity index (χ4n) is 3.64. The lowest BCUT2D eigenvalue weighted by atomic mass is 10.0. The molecular weight excluding hydrogens is 408 g/mol. The van der Waals surface area contributed by atoms with Crippen molar-refractivity contribution in [2.75, 3.05) is 26.8 Å². The van der Waals surface area contributed by atoms with Crippen molar-refractivity contribution in [3.8, 4) is 0 Å². The van der Waals surface area contributed by atoms with E-state index in [1.165, 1.54) is 22.4 Å². The summed E-state index contributed by atoms with van der Waals surface area (Å²) in [6.45, 7) is 0.389. The molecule has 2 fully saturated rings. The van der Waals surface area contributed by atoms with Gasteiger partial charge in [-0.05, 0) is 25.0 Å². The molecule has 1 aromatic carbocycles. The zero-order valence-electron chi connectivity index (χ0n) is 15.0. The minimum absolute atomic E-state index is 0.0527. The molecule has 0 radical (unpaired) electrons. The summed E-state index contributed by atoms with van der Waals surface area (Å²) in [5.41, 5.74) is 0.908. The quantitative estimate of drug-likeness (QED) is 0.660. The first-order chi connectivity index (χ1) is 13.4. The topological polar surface area (TPSA) is 119 Å². The zero-order valence-corrected chi connectivity index (χ0v) is 16.6. The van der Waals surface area contributed by atoms with E-state index in [-0.39, 0.29) is 30.6 Å². The number of nitrogens with zero attached hydrogens (tertiary/aromatic N) is 4. The summed E-state index contributed by atoms with van der Waals surface area (Å²) in [5.74, 6) is -0.538. The molecule has 0 bridgehead atoms. The van der Waals surface area contributed by atoms with Crippen LogP contribution in [-0.2, 0) is 24.3 Å². The van der Waals surface area contributed by atoms with Crippen molar-refractivity contribution in [2.24, 2.45) is 0 Å². The van der Waals surface area contributed by atoms with Crippen molar-refractivity contribution in [3.05, 3.63) is 18.2 Å². The average Bonchev–Trinajstić information content (AvgIpc) is 3.33. The Morgan fingerprint density at radius 2 is 2.04 bits per heavy atom. The third-order valence-corrected chi connectivity index (χ3v) is 7.54. The molecule has 1 amide bonds. The van der Waals surface area contributed by atoms with Gasteiger partial charge in [0, 0.05) is 19.1 Å². The van der Waals surface area contributed by atoms with Gasteiger partial charge in [0.15, 0.2) is 6.04 Å². The lowest BCUT2D eigenvalue weighted by Gasteiger charge is -2.36. The fraction of sp³-hybridized carbons (Fsp3) is 0.500. The Balaban J connectivity index is 1.52. The predicted molar refractivity (Wildman–Crippen MR) is 98.2 cm³/mol. The molecule has 10 nitrogen and oxygen atoms in total. The van der Waals surface area contributed by atoms with Gasteiger partial charge in [-0.1, -0.05) is 6.07 Å². The van der Waals surface area contributed by atoms with Crippen molar-refractivity contribution >= 4 is 44.8 Å². The van der Waals surface area contributed by atoms with Crippen LogP contribution in [0.1, 0.15) is 12.8 Å². The molecule has 1 atom stereocenters. The molecule has 2 aliphatic heterocycles. The fourth-order valence-corrected chi connectivity index (χ4v) is 5.87. The third kappa shape index (κ3) is 3.10. The summed E-state index contributed by atoms with van der Waals surface area (Å²) in [5, 5.41) is 0. The van der Waals surface area contributed by atoms with Crippen molar-refractivity contribution in [1.82, 2.24) is 18.0 Å². The lowest BCUT2D eigenvalue weighted by molar-refractivity contribution is -0.145. The number of aromatic nitrogens is 2. The third-order valence-electron chi connectivity index (χ3n) is 5.07. The molecule has 0 N–H and O–H groups in total. The molecule has 12 heteroatoms. The van der Waals surface area contributed by atoms with Gasteiger partial charge in [0.25, 0.3) is 0 Å². The highest BCUT2D eigenvalue weighted by Gasteiger charge is 2.44. The van der Waals surface area contributed by atoms with Crippen LogP contribution in [0, 0.1) is 0 Å². The number of methoxy groups -OCH3 is 1. The second-order valence-electron chi connectivity index (χ2n) is 6.55. The standard InChI is InChI=1S/C16H18N4O6S2/c1-25-15(21)12-9-26-16(22)20(12)10-5-7-19(8-6-10)28(23,24)13-4-2-3-11-14(13)18-27-17-11/h2-4,10,12H,5-9H2,1H3. The number of amides is 1. The predicted octanol–water partition coefficient (Wildman–Crippen LogP) is 0.838. The Bertz CT molecular complexity index is 1020. The number of esters is 1. The highest BCUT2D eigenvalue weighted by atomic mass is 32.2. The van der Waals surface area contributed by atoms with Crippen LogP contribution in [0.25, 0.3) is 11.0 Å². The number of rotatable bonds is 4. The van der Waals surface area contributed by atoms with Crippen LogP contribution >= 0.6 is 11.7 Å². The molecule has 0 saturated carbocycles. The minimum atomic E-state index is -3.74. The van der Waals surface area contributed by atoms with Crippen molar-refractivity contribution in [2.45, 2.75) is 29.8 Å². The van der Waals surface area contributed by atoms with E-state index in [2.05, 4.69) is 8.75 Å². The summed E-state index contributed by atoms with van der Waals surface area (Å²) >= 11 is 0.967. The van der Waals surface area contributed by atoms with E-state index < -0.39 is 28.1 Å². The number of piperidine rings is 1. The van der Waals surface area contributed by atoms with E-state index in [0.717, 1.165) is 11.7 Å². The summed E-state index contributed by atoms with van der Waals surface area (Å²) in [4.78, 5) is 25.5. The molecule has 1 unspecified atom stereocenters. The van der Waals surface area contributed by atoms with E-state index in [1.807, 2.05) is 0 Å². The molecule has 4 rings (SSSR count). The summed E-state index contributed by atoms with van der Waals surface area (Å²) in [7, 11) is -2.49. The van der Waals surface area contributed by atoms with E-state index in [0.29, 0.717) is 23.9 Å². The Hall–Kier alpha value is -2.31. The molecule has 28 heavy (non-hydrogen) atoms. The molecule has 3 heterocycles. The monoisotopic (exact) mass is 426 g/mol. The van der Waals surface area contributed by atoms with E-state index >= 15 is 0 Å². The molecule has 1 aromatic heterocycles. The average molecular weight is 426 g/mol. The van der Waals surface area contributed by atoms with Crippen LogP contribution in [-0.4, -0.2) is 77.3 Å². The summed E-state index contributed by atoms with van der Waals surface area (Å²) in [6.07, 6.45) is 0.218. The van der Waals surface area contributed by atoms with Crippen molar-refractivity contribution in [1.29, 1.82) is 0 Å². The zero-order chi connectivity index (χ0) is 19.9. The van der Waals surface area contributed by atoms with Gasteiger partial charge >= 0.3 is 12.1 Å². The van der Waals surface area contributed by atoms with Crippen LogP contribution in [0.4, 0.5) is 4.79 Å². The van der Waals surface area contributed by atoms with E-state index in [1.54, 1.807) is 12.1 Å². The van der Waals surface area contributed by atoms with Crippen molar-refractivity contribution < 1.29 is 27.5 Å². The smallest absolute Gasteiger partial charge is 0.410 e. The van der Waals surface area contributed by atoms with Crippen LogP contribution in [0.2, 0.25) is 0 Å². The van der Waals surface area contributed by atoms with Gasteiger partial charge in [0.05, 0.1) is 18.8 Å². The van der Waals surface area contributed by atoms with E-state index in [9.17, 15) is 18.0 Å². The maximum Gasteiger partial charge on any atom is 0.410 e. The van der Waals surface area contributed by atoms with Gasteiger partial charge in [-0.25, -0.2) is 18.0 Å². The molecule has 0 aliphatic carbocycles. The van der Waals surface area contributed by atoms with Crippen LogP contribution < -0.4 is 0 Å². The lowest BCUT2D eigenvalue weighted by Crippen LogP contribution is -2.51. The molecule has 2 aromatic rings. The Morgan fingerprint density at radius 3 is 2.75 bits per heavy atom. The first kappa shape index (κ1) is 19.0. The maximum atomic E-state index is 13.1. The Kier molecular flexibility index (Phi) is 4.93. The van der Waals surface area contributed by atoms with Gasteiger partial charge in [-0.15, -0.1) is 0 Å². The number of cyclic esters (lactones) is 1. The van der Waals surface area contributed by atoms with Gasteiger partial charge in [-0.3, -0.25) is 4.90 Å². The Labute approximate surface area is 165 Å². The van der Waals surface area contributed by atoms with Crippen molar-refractivity contribution in [3.63, 3.8) is 0 Å². The SMILES string of the molecule is COC(=O)C1COC(=O)N1C1CCN(S(=O)(=O)c2cccc3nsnc23)CC1. The summed E-state index contributed by atoms with van der Waals surface area (Å²) in [6, 6.07) is 3.81. The normalized spacial score (nSPS) is 21.8. The highest BCUT2D eigenvalue weighted by Crippen LogP contribution is 2.29. The van der Waals surface area contributed by atoms with Crippen LogP contribution in [0.5, 0.6) is 0 Å². The minimum Gasteiger partial charge on any atom is -0.467 e. The number of hydrogen-bond acceptors (Lipinski definition) is 9. The second-order valence-corrected chi connectivity index (χ2v) is 8.98. The molecule has 2 saturated heterocycles. The highest BCUT2D eigenvalue weighted by molar-refractivity contribution is 7.89. The van der Waals surface area contributed by atoms with Crippen LogP contribution in [0.3, 0.4) is 0 Å². The van der Waals surface area contributed by atoms with Gasteiger partial charge < -0.3 is 9.47 Å². The number of sulfonamides is 1. The summed E-state index contributed by atoms with van der Waals surface area (Å²) < 4.78 is 45.5. The molecule has 0 spiro atoms. The number of hydrogen-bond donors (Lipinski definition) is 0. The first-order valence-corrected chi connectivity index (χ1v) is 10.8. The molecule has 150 valence electrons. The molecule has 2 aliphatic rings. The number of ether oxygens (including phenoxy) is 2. The Morgan fingerprint density at radius 1 is 1.29 bits per heavy atom. The number of fused-ring (bicyclic) bond motifs is 1. The van der Waals surface area contributed by atoms with Crippen LogP contribution in [0.15, 0.2) is 23.1 Å². The van der Waals surface area contributed by atoms with Gasteiger partial charge in [0.2, 0.25) is 10.0 Å². The van der Waals surface area contributed by atoms with Gasteiger partial charge in [0.1, 0.15) is 22.5 Å². The molecular formula is C16H18N4O6S2. The second kappa shape index (κ2) is 7.26.